The first-order chi connectivity index (χ1) is 8.16. The van der Waals surface area contributed by atoms with Crippen LogP contribution in [-0.4, -0.2) is 4.98 Å². The maximum Gasteiger partial charge on any atom is 0.142 e. The van der Waals surface area contributed by atoms with E-state index in [0.717, 1.165) is 11.8 Å². The van der Waals surface area contributed by atoms with Gasteiger partial charge in [0.15, 0.2) is 0 Å². The highest BCUT2D eigenvalue weighted by atomic mass is 19.1. The number of nitrogen functional groups attached to an aromatic ring is 1. The molecule has 0 aliphatic carbocycles. The van der Waals surface area contributed by atoms with Crippen LogP contribution < -0.4 is 10.5 Å². The van der Waals surface area contributed by atoms with E-state index in [1.54, 1.807) is 12.3 Å². The summed E-state index contributed by atoms with van der Waals surface area (Å²) < 4.78 is 18.4. The Labute approximate surface area is 99.1 Å². The van der Waals surface area contributed by atoms with Crippen LogP contribution in [0.15, 0.2) is 36.7 Å². The standard InChI is InChI=1S/C13H13FN2O/c1-9-3-2-4-12(13(9)15)17-8-10-5-11(14)7-16-6-10/h2-7H,8,15H2,1H3. The molecule has 88 valence electrons. The number of para-hydroxylation sites is 1. The fourth-order valence-electron chi connectivity index (χ4n) is 1.48. The van der Waals surface area contributed by atoms with E-state index in [2.05, 4.69) is 4.98 Å². The Morgan fingerprint density at radius 3 is 2.94 bits per heavy atom. The van der Waals surface area contributed by atoms with Crippen LogP contribution in [-0.2, 0) is 6.61 Å². The molecule has 0 atom stereocenters. The summed E-state index contributed by atoms with van der Waals surface area (Å²) in [5.41, 5.74) is 8.10. The monoisotopic (exact) mass is 232 g/mol. The largest absolute Gasteiger partial charge is 0.487 e. The first-order valence-electron chi connectivity index (χ1n) is 5.24. The van der Waals surface area contributed by atoms with Crippen molar-refractivity contribution in [2.75, 3.05) is 5.73 Å². The molecule has 0 spiro atoms. The summed E-state index contributed by atoms with van der Waals surface area (Å²) in [5.74, 6) is 0.234. The summed E-state index contributed by atoms with van der Waals surface area (Å²) >= 11 is 0. The molecule has 2 rings (SSSR count). The molecule has 3 nitrogen and oxygen atoms in total. The molecule has 0 bridgehead atoms. The van der Waals surface area contributed by atoms with Gasteiger partial charge in [0, 0.05) is 11.8 Å². The van der Waals surface area contributed by atoms with Gasteiger partial charge >= 0.3 is 0 Å². The molecule has 1 aromatic carbocycles. The smallest absolute Gasteiger partial charge is 0.142 e. The maximum atomic E-state index is 12.9. The highest BCUT2D eigenvalue weighted by Crippen LogP contribution is 2.25. The Kier molecular flexibility index (Phi) is 3.23. The zero-order valence-corrected chi connectivity index (χ0v) is 9.48. The average Bonchev–Trinajstić information content (AvgIpc) is 2.31. The van der Waals surface area contributed by atoms with E-state index in [1.165, 1.54) is 6.07 Å². The van der Waals surface area contributed by atoms with Crippen LogP contribution in [0, 0.1) is 12.7 Å². The number of rotatable bonds is 3. The summed E-state index contributed by atoms with van der Waals surface area (Å²) in [6.45, 7) is 2.16. The number of ether oxygens (including phenoxy) is 1. The fourth-order valence-corrected chi connectivity index (χ4v) is 1.48. The quantitative estimate of drug-likeness (QED) is 0.828. The maximum absolute atomic E-state index is 12.9. The lowest BCUT2D eigenvalue weighted by molar-refractivity contribution is 0.306. The second kappa shape index (κ2) is 4.82. The first-order valence-corrected chi connectivity index (χ1v) is 5.24. The lowest BCUT2D eigenvalue weighted by Crippen LogP contribution is -2.00. The third-order valence-electron chi connectivity index (χ3n) is 2.44. The van der Waals surface area contributed by atoms with Gasteiger partial charge in [-0.1, -0.05) is 12.1 Å². The molecule has 0 aliphatic rings. The van der Waals surface area contributed by atoms with Gasteiger partial charge in [0.25, 0.3) is 0 Å². The summed E-state index contributed by atoms with van der Waals surface area (Å²) in [4.78, 5) is 3.75. The van der Waals surface area contributed by atoms with Crippen LogP contribution in [0.2, 0.25) is 0 Å². The highest BCUT2D eigenvalue weighted by Gasteiger charge is 2.03. The third-order valence-corrected chi connectivity index (χ3v) is 2.44. The molecule has 4 heteroatoms. The molecule has 0 radical (unpaired) electrons. The molecule has 0 amide bonds. The molecule has 0 saturated heterocycles. The first kappa shape index (κ1) is 11.4. The molecule has 0 saturated carbocycles. The van der Waals surface area contributed by atoms with Crippen LogP contribution in [0.25, 0.3) is 0 Å². The van der Waals surface area contributed by atoms with E-state index in [-0.39, 0.29) is 12.4 Å². The number of anilines is 1. The molecule has 1 heterocycles. The molecule has 2 N–H and O–H groups in total. The van der Waals surface area contributed by atoms with Crippen molar-refractivity contribution in [1.29, 1.82) is 0 Å². The third kappa shape index (κ3) is 2.72. The highest BCUT2D eigenvalue weighted by molar-refractivity contribution is 5.57. The van der Waals surface area contributed by atoms with Crippen LogP contribution in [0.3, 0.4) is 0 Å². The van der Waals surface area contributed by atoms with Crippen molar-refractivity contribution in [3.8, 4) is 5.75 Å². The SMILES string of the molecule is Cc1cccc(OCc2cncc(F)c2)c1N. The lowest BCUT2D eigenvalue weighted by Gasteiger charge is -2.10. The van der Waals surface area contributed by atoms with Gasteiger partial charge in [-0.2, -0.15) is 0 Å². The van der Waals surface area contributed by atoms with Crippen molar-refractivity contribution in [3.05, 3.63) is 53.6 Å². The number of aromatic nitrogens is 1. The van der Waals surface area contributed by atoms with Gasteiger partial charge in [0.05, 0.1) is 11.9 Å². The van der Waals surface area contributed by atoms with E-state index >= 15 is 0 Å². The zero-order chi connectivity index (χ0) is 12.3. The minimum Gasteiger partial charge on any atom is -0.487 e. The zero-order valence-electron chi connectivity index (χ0n) is 9.48. The van der Waals surface area contributed by atoms with Gasteiger partial charge in [-0.05, 0) is 24.6 Å². The number of pyridine rings is 1. The van der Waals surface area contributed by atoms with Gasteiger partial charge in [-0.3, -0.25) is 4.98 Å². The van der Waals surface area contributed by atoms with Crippen molar-refractivity contribution >= 4 is 5.69 Å². The lowest BCUT2D eigenvalue weighted by atomic mass is 10.2. The van der Waals surface area contributed by atoms with Crippen molar-refractivity contribution in [2.45, 2.75) is 13.5 Å². The number of hydrogen-bond donors (Lipinski definition) is 1. The van der Waals surface area contributed by atoms with Crippen LogP contribution in [0.4, 0.5) is 10.1 Å². The topological polar surface area (TPSA) is 48.1 Å². The molecule has 0 fully saturated rings. The van der Waals surface area contributed by atoms with Crippen molar-refractivity contribution in [1.82, 2.24) is 4.98 Å². The number of hydrogen-bond acceptors (Lipinski definition) is 3. The Morgan fingerprint density at radius 1 is 1.35 bits per heavy atom. The summed E-state index contributed by atoms with van der Waals surface area (Å²) in [6.07, 6.45) is 2.72. The summed E-state index contributed by atoms with van der Waals surface area (Å²) in [7, 11) is 0. The van der Waals surface area contributed by atoms with Crippen LogP contribution >= 0.6 is 0 Å². The van der Waals surface area contributed by atoms with Gasteiger partial charge < -0.3 is 10.5 Å². The van der Waals surface area contributed by atoms with E-state index in [9.17, 15) is 4.39 Å². The number of aryl methyl sites for hydroxylation is 1. The van der Waals surface area contributed by atoms with E-state index in [4.69, 9.17) is 10.5 Å². The minimum atomic E-state index is -0.372. The second-order valence-electron chi connectivity index (χ2n) is 3.79. The van der Waals surface area contributed by atoms with Crippen molar-refractivity contribution in [3.63, 3.8) is 0 Å². The Balaban J connectivity index is 2.10. The van der Waals surface area contributed by atoms with E-state index in [1.807, 2.05) is 19.1 Å². The number of nitrogens with two attached hydrogens (primary N) is 1. The Hall–Kier alpha value is -2.10. The summed E-state index contributed by atoms with van der Waals surface area (Å²) in [5, 5.41) is 0. The predicted molar refractivity (Wildman–Crippen MR) is 64.1 cm³/mol. The number of benzene rings is 1. The van der Waals surface area contributed by atoms with E-state index in [0.29, 0.717) is 17.0 Å². The predicted octanol–water partition coefficient (Wildman–Crippen LogP) is 2.69. The Bertz CT molecular complexity index is 529. The normalized spacial score (nSPS) is 10.2. The fraction of sp³-hybridized carbons (Fsp3) is 0.154. The Morgan fingerprint density at radius 2 is 2.18 bits per heavy atom. The summed E-state index contributed by atoms with van der Waals surface area (Å²) in [6, 6.07) is 6.95. The molecule has 2 aromatic rings. The molecule has 0 unspecified atom stereocenters. The molecular weight excluding hydrogens is 219 g/mol. The molecule has 1 aromatic heterocycles. The number of nitrogens with zero attached hydrogens (tertiary/aromatic N) is 1. The van der Waals surface area contributed by atoms with Gasteiger partial charge in [-0.15, -0.1) is 0 Å². The molecule has 17 heavy (non-hydrogen) atoms. The minimum absolute atomic E-state index is 0.248. The van der Waals surface area contributed by atoms with E-state index < -0.39 is 0 Å². The molecule has 0 aliphatic heterocycles. The van der Waals surface area contributed by atoms with Crippen LogP contribution in [0.5, 0.6) is 5.75 Å². The van der Waals surface area contributed by atoms with Crippen molar-refractivity contribution < 1.29 is 9.13 Å². The van der Waals surface area contributed by atoms with Gasteiger partial charge in [0.1, 0.15) is 18.2 Å². The average molecular weight is 232 g/mol. The second-order valence-corrected chi connectivity index (χ2v) is 3.79. The van der Waals surface area contributed by atoms with Crippen LogP contribution in [0.1, 0.15) is 11.1 Å². The van der Waals surface area contributed by atoms with Gasteiger partial charge in [0.2, 0.25) is 0 Å². The number of halogens is 1. The van der Waals surface area contributed by atoms with Crippen molar-refractivity contribution in [2.24, 2.45) is 0 Å². The molecular formula is C13H13FN2O. The van der Waals surface area contributed by atoms with Gasteiger partial charge in [-0.25, -0.2) is 4.39 Å².